The lowest BCUT2D eigenvalue weighted by Crippen LogP contribution is -2.24. The van der Waals surface area contributed by atoms with Crippen LogP contribution in [0.15, 0.2) is 18.2 Å². The van der Waals surface area contributed by atoms with Crippen molar-refractivity contribution in [3.05, 3.63) is 18.2 Å². The standard InChI is InChI=1S/C14H21NO4S/c1-14(2,3)19-13-11(15-20(4,16)17)6-5-7-12(13)18-10-8-9-10/h5-7,10,15H,8-9H2,1-4H3. The Hall–Kier alpha value is -1.43. The first-order valence-electron chi connectivity index (χ1n) is 6.60. The minimum Gasteiger partial charge on any atom is -0.486 e. The summed E-state index contributed by atoms with van der Waals surface area (Å²) in [6.07, 6.45) is 3.38. The number of sulfonamides is 1. The van der Waals surface area contributed by atoms with Crippen LogP contribution in [0, 0.1) is 0 Å². The van der Waals surface area contributed by atoms with E-state index in [0.717, 1.165) is 19.1 Å². The van der Waals surface area contributed by atoms with E-state index in [0.29, 0.717) is 17.2 Å². The Balaban J connectivity index is 2.37. The van der Waals surface area contributed by atoms with Gasteiger partial charge in [-0.1, -0.05) is 6.07 Å². The van der Waals surface area contributed by atoms with Crippen LogP contribution in [0.25, 0.3) is 0 Å². The summed E-state index contributed by atoms with van der Waals surface area (Å²) >= 11 is 0. The Bertz CT molecular complexity index is 586. The van der Waals surface area contributed by atoms with Crippen molar-refractivity contribution in [1.82, 2.24) is 0 Å². The summed E-state index contributed by atoms with van der Waals surface area (Å²) in [4.78, 5) is 0. The van der Waals surface area contributed by atoms with E-state index >= 15 is 0 Å². The third-order valence-electron chi connectivity index (χ3n) is 2.50. The fourth-order valence-corrected chi connectivity index (χ4v) is 2.23. The molecule has 0 atom stereocenters. The molecule has 112 valence electrons. The van der Waals surface area contributed by atoms with Gasteiger partial charge >= 0.3 is 0 Å². The molecule has 0 bridgehead atoms. The molecule has 1 saturated carbocycles. The summed E-state index contributed by atoms with van der Waals surface area (Å²) in [5.74, 6) is 1.02. The van der Waals surface area contributed by atoms with Crippen molar-refractivity contribution in [2.75, 3.05) is 11.0 Å². The fourth-order valence-electron chi connectivity index (χ4n) is 1.67. The van der Waals surface area contributed by atoms with Crippen molar-refractivity contribution in [2.45, 2.75) is 45.3 Å². The zero-order chi connectivity index (χ0) is 15.0. The molecule has 0 heterocycles. The van der Waals surface area contributed by atoms with Gasteiger partial charge in [0.1, 0.15) is 5.60 Å². The maximum absolute atomic E-state index is 11.5. The summed E-state index contributed by atoms with van der Waals surface area (Å²) in [5.41, 5.74) is -0.0442. The zero-order valence-electron chi connectivity index (χ0n) is 12.3. The van der Waals surface area contributed by atoms with Gasteiger partial charge in [-0.2, -0.15) is 0 Å². The number of anilines is 1. The molecule has 0 unspecified atom stereocenters. The van der Waals surface area contributed by atoms with Crippen molar-refractivity contribution in [3.63, 3.8) is 0 Å². The van der Waals surface area contributed by atoms with Gasteiger partial charge in [-0.05, 0) is 45.7 Å². The summed E-state index contributed by atoms with van der Waals surface area (Å²) in [6, 6.07) is 5.22. The number of hydrogen-bond donors (Lipinski definition) is 1. The minimum absolute atomic E-state index is 0.214. The smallest absolute Gasteiger partial charge is 0.229 e. The van der Waals surface area contributed by atoms with Gasteiger partial charge in [-0.15, -0.1) is 0 Å². The normalized spacial score (nSPS) is 15.8. The van der Waals surface area contributed by atoms with E-state index in [1.54, 1.807) is 18.2 Å². The van der Waals surface area contributed by atoms with Gasteiger partial charge in [0.2, 0.25) is 10.0 Å². The first-order valence-corrected chi connectivity index (χ1v) is 8.50. The van der Waals surface area contributed by atoms with E-state index in [4.69, 9.17) is 9.47 Å². The predicted molar refractivity (Wildman–Crippen MR) is 78.9 cm³/mol. The van der Waals surface area contributed by atoms with Crippen LogP contribution in [-0.4, -0.2) is 26.4 Å². The number of rotatable bonds is 5. The molecule has 1 fully saturated rings. The average Bonchev–Trinajstić information content (AvgIpc) is 3.03. The summed E-state index contributed by atoms with van der Waals surface area (Å²) < 4.78 is 37.1. The van der Waals surface area contributed by atoms with Crippen LogP contribution in [0.1, 0.15) is 33.6 Å². The van der Waals surface area contributed by atoms with Gasteiger partial charge < -0.3 is 9.47 Å². The Morgan fingerprint density at radius 2 is 1.90 bits per heavy atom. The predicted octanol–water partition coefficient (Wildman–Crippen LogP) is 2.78. The molecule has 0 saturated heterocycles. The molecule has 0 radical (unpaired) electrons. The fraction of sp³-hybridized carbons (Fsp3) is 0.571. The van der Waals surface area contributed by atoms with Crippen LogP contribution < -0.4 is 14.2 Å². The molecule has 1 aliphatic carbocycles. The lowest BCUT2D eigenvalue weighted by molar-refractivity contribution is 0.124. The molecule has 6 heteroatoms. The Morgan fingerprint density at radius 1 is 1.25 bits per heavy atom. The molecule has 1 aromatic carbocycles. The van der Waals surface area contributed by atoms with E-state index in [1.165, 1.54) is 0 Å². The quantitative estimate of drug-likeness (QED) is 0.908. The molecule has 0 amide bonds. The van der Waals surface area contributed by atoms with Crippen LogP contribution in [-0.2, 0) is 10.0 Å². The Kier molecular flexibility index (Phi) is 3.86. The number of hydrogen-bond acceptors (Lipinski definition) is 4. The second-order valence-corrected chi connectivity index (χ2v) is 7.79. The first kappa shape index (κ1) is 15.0. The first-order chi connectivity index (χ1) is 9.14. The molecule has 1 aromatic rings. The second-order valence-electron chi connectivity index (χ2n) is 6.04. The molecule has 0 spiro atoms. The highest BCUT2D eigenvalue weighted by Gasteiger charge is 2.27. The third kappa shape index (κ3) is 4.59. The highest BCUT2D eigenvalue weighted by molar-refractivity contribution is 7.92. The van der Waals surface area contributed by atoms with Crippen LogP contribution in [0.4, 0.5) is 5.69 Å². The van der Waals surface area contributed by atoms with Crippen molar-refractivity contribution >= 4 is 15.7 Å². The monoisotopic (exact) mass is 299 g/mol. The second kappa shape index (κ2) is 5.16. The molecule has 20 heavy (non-hydrogen) atoms. The Labute approximate surface area is 120 Å². The van der Waals surface area contributed by atoms with Gasteiger partial charge in [0.15, 0.2) is 11.5 Å². The molecule has 2 rings (SSSR count). The highest BCUT2D eigenvalue weighted by atomic mass is 32.2. The number of benzene rings is 1. The highest BCUT2D eigenvalue weighted by Crippen LogP contribution is 2.40. The van der Waals surface area contributed by atoms with Gasteiger partial charge in [0.05, 0.1) is 18.0 Å². The van der Waals surface area contributed by atoms with Crippen LogP contribution in [0.3, 0.4) is 0 Å². The summed E-state index contributed by atoms with van der Waals surface area (Å²) in [6.45, 7) is 5.72. The number of nitrogens with one attached hydrogen (secondary N) is 1. The Morgan fingerprint density at radius 3 is 2.40 bits per heavy atom. The molecule has 1 aliphatic rings. The maximum Gasteiger partial charge on any atom is 0.229 e. The minimum atomic E-state index is -3.37. The van der Waals surface area contributed by atoms with Crippen LogP contribution in [0.5, 0.6) is 11.5 Å². The van der Waals surface area contributed by atoms with Crippen LogP contribution in [0.2, 0.25) is 0 Å². The number of ether oxygens (including phenoxy) is 2. The zero-order valence-corrected chi connectivity index (χ0v) is 13.1. The molecular formula is C14H21NO4S. The third-order valence-corrected chi connectivity index (χ3v) is 3.09. The van der Waals surface area contributed by atoms with Gasteiger partial charge in [-0.3, -0.25) is 4.72 Å². The van der Waals surface area contributed by atoms with E-state index < -0.39 is 15.6 Å². The molecule has 0 aliphatic heterocycles. The molecule has 0 aromatic heterocycles. The van der Waals surface area contributed by atoms with Crippen molar-refractivity contribution in [1.29, 1.82) is 0 Å². The molecule has 5 nitrogen and oxygen atoms in total. The SMILES string of the molecule is CC(C)(C)Oc1c(NS(C)(=O)=O)cccc1OC1CC1. The largest absolute Gasteiger partial charge is 0.486 e. The topological polar surface area (TPSA) is 64.6 Å². The van der Waals surface area contributed by atoms with E-state index in [2.05, 4.69) is 4.72 Å². The van der Waals surface area contributed by atoms with E-state index in [9.17, 15) is 8.42 Å². The average molecular weight is 299 g/mol. The van der Waals surface area contributed by atoms with Gasteiger partial charge in [-0.25, -0.2) is 8.42 Å². The van der Waals surface area contributed by atoms with E-state index in [1.807, 2.05) is 20.8 Å². The van der Waals surface area contributed by atoms with Crippen LogP contribution >= 0.6 is 0 Å². The lowest BCUT2D eigenvalue weighted by Gasteiger charge is -2.25. The van der Waals surface area contributed by atoms with E-state index in [-0.39, 0.29) is 6.10 Å². The van der Waals surface area contributed by atoms with Crippen molar-refractivity contribution in [3.8, 4) is 11.5 Å². The molecule has 1 N–H and O–H groups in total. The van der Waals surface area contributed by atoms with Crippen molar-refractivity contribution in [2.24, 2.45) is 0 Å². The molecular weight excluding hydrogens is 278 g/mol. The lowest BCUT2D eigenvalue weighted by atomic mass is 10.2. The maximum atomic E-state index is 11.5. The summed E-state index contributed by atoms with van der Waals surface area (Å²) in [5, 5.41) is 0. The van der Waals surface area contributed by atoms with Gasteiger partial charge in [0, 0.05) is 0 Å². The number of para-hydroxylation sites is 1. The van der Waals surface area contributed by atoms with Crippen molar-refractivity contribution < 1.29 is 17.9 Å². The van der Waals surface area contributed by atoms with Gasteiger partial charge in [0.25, 0.3) is 0 Å². The summed E-state index contributed by atoms with van der Waals surface area (Å²) in [7, 11) is -3.37.